The molecule has 9 heteroatoms. The smallest absolute Gasteiger partial charge is 0.280 e. The van der Waals surface area contributed by atoms with Crippen molar-refractivity contribution in [2.45, 2.75) is 58.2 Å². The summed E-state index contributed by atoms with van der Waals surface area (Å²) in [6, 6.07) is 0. The first kappa shape index (κ1) is 19.0. The van der Waals surface area contributed by atoms with Crippen molar-refractivity contribution in [3.8, 4) is 0 Å². The minimum Gasteiger partial charge on any atom is -0.400 e. The summed E-state index contributed by atoms with van der Waals surface area (Å²) in [5.74, 6) is 0.0758. The first-order chi connectivity index (χ1) is 11.1. The first-order valence-corrected chi connectivity index (χ1v) is 11.4. The number of nitrogens with two attached hydrogens (primary N) is 1. The molecule has 0 spiro atoms. The van der Waals surface area contributed by atoms with Crippen LogP contribution in [0.2, 0.25) is 13.1 Å². The molecule has 2 rings (SSSR count). The second kappa shape index (κ2) is 7.28. The van der Waals surface area contributed by atoms with E-state index in [9.17, 15) is 4.79 Å². The topological polar surface area (TPSA) is 98.8 Å². The Morgan fingerprint density at radius 3 is 2.71 bits per heavy atom. The zero-order valence-corrected chi connectivity index (χ0v) is 17.0. The lowest BCUT2D eigenvalue weighted by Crippen LogP contribution is -2.25. The summed E-state index contributed by atoms with van der Waals surface area (Å²) < 4.78 is 7.99. The van der Waals surface area contributed by atoms with Crippen molar-refractivity contribution in [1.29, 1.82) is 0 Å². The molecule has 0 saturated carbocycles. The quantitative estimate of drug-likeness (QED) is 0.536. The molecule has 2 atom stereocenters. The highest BCUT2D eigenvalue weighted by atomic mass is 32.1. The van der Waals surface area contributed by atoms with E-state index in [2.05, 4.69) is 48.8 Å². The molecule has 2 aromatic rings. The standard InChI is InChI=1S/C15H27N5O2SSi/c1-15(2,3)7-9(23)6-10(22-24(4)5)20-8-17-11-12(20)18-14(16)19-13(11)21/h8-10,23-24H,6-7H2,1-5H3,(H3,16,18,19,21). The van der Waals surface area contributed by atoms with Gasteiger partial charge < -0.3 is 10.2 Å². The summed E-state index contributed by atoms with van der Waals surface area (Å²) in [4.78, 5) is 22.9. The van der Waals surface area contributed by atoms with Crippen LogP contribution in [-0.2, 0) is 4.43 Å². The number of anilines is 1. The van der Waals surface area contributed by atoms with Crippen molar-refractivity contribution in [3.63, 3.8) is 0 Å². The lowest BCUT2D eigenvalue weighted by molar-refractivity contribution is 0.121. The minimum atomic E-state index is -1.32. The number of hydrogen-bond acceptors (Lipinski definition) is 6. The molecule has 24 heavy (non-hydrogen) atoms. The lowest BCUT2D eigenvalue weighted by atomic mass is 9.89. The number of aromatic amines is 1. The second-order valence-electron chi connectivity index (χ2n) is 7.57. The zero-order chi connectivity index (χ0) is 18.1. The van der Waals surface area contributed by atoms with Crippen LogP contribution in [0.5, 0.6) is 0 Å². The Labute approximate surface area is 149 Å². The highest BCUT2D eigenvalue weighted by molar-refractivity contribution is 7.80. The maximum Gasteiger partial charge on any atom is 0.280 e. The molecule has 0 fully saturated rings. The van der Waals surface area contributed by atoms with Crippen LogP contribution < -0.4 is 11.3 Å². The number of nitrogens with zero attached hydrogens (tertiary/aromatic N) is 3. The Balaban J connectivity index is 2.36. The molecule has 134 valence electrons. The fraction of sp³-hybridized carbons (Fsp3) is 0.667. The zero-order valence-electron chi connectivity index (χ0n) is 14.9. The van der Waals surface area contributed by atoms with E-state index in [-0.39, 0.29) is 33.9 Å². The summed E-state index contributed by atoms with van der Waals surface area (Å²) in [5.41, 5.74) is 6.25. The second-order valence-corrected chi connectivity index (χ2v) is 10.7. The van der Waals surface area contributed by atoms with Gasteiger partial charge in [-0.25, -0.2) is 4.98 Å². The number of imidazole rings is 1. The third-order valence-electron chi connectivity index (χ3n) is 3.51. The molecule has 2 aromatic heterocycles. The molecule has 7 nitrogen and oxygen atoms in total. The molecule has 0 saturated heterocycles. The predicted octanol–water partition coefficient (Wildman–Crippen LogP) is 2.33. The van der Waals surface area contributed by atoms with Crippen molar-refractivity contribution in [2.24, 2.45) is 5.41 Å². The largest absolute Gasteiger partial charge is 0.400 e. The van der Waals surface area contributed by atoms with Gasteiger partial charge in [-0.2, -0.15) is 17.6 Å². The van der Waals surface area contributed by atoms with Crippen LogP contribution in [0.25, 0.3) is 11.2 Å². The van der Waals surface area contributed by atoms with Crippen molar-refractivity contribution >= 4 is 38.8 Å². The number of aromatic nitrogens is 4. The van der Waals surface area contributed by atoms with E-state index in [1.165, 1.54) is 0 Å². The van der Waals surface area contributed by atoms with Gasteiger partial charge in [0.1, 0.15) is 6.23 Å². The van der Waals surface area contributed by atoms with Gasteiger partial charge >= 0.3 is 0 Å². The first-order valence-electron chi connectivity index (χ1n) is 8.12. The van der Waals surface area contributed by atoms with Gasteiger partial charge in [0.25, 0.3) is 5.56 Å². The van der Waals surface area contributed by atoms with Crippen molar-refractivity contribution < 1.29 is 4.43 Å². The summed E-state index contributed by atoms with van der Waals surface area (Å²) in [5, 5.41) is 0.166. The summed E-state index contributed by atoms with van der Waals surface area (Å²) in [6.45, 7) is 10.8. The number of rotatable bonds is 6. The van der Waals surface area contributed by atoms with E-state index in [1.807, 2.05) is 0 Å². The average molecular weight is 370 g/mol. The van der Waals surface area contributed by atoms with Gasteiger partial charge in [0, 0.05) is 11.7 Å². The number of thiol groups is 1. The minimum absolute atomic E-state index is 0.0758. The third kappa shape index (κ3) is 4.84. The highest BCUT2D eigenvalue weighted by Gasteiger charge is 2.24. The SMILES string of the molecule is C[SiH](C)OC(CC(S)CC(C)(C)C)n1cnc2c(=O)[nH]c(N)nc21. The Morgan fingerprint density at radius 1 is 1.46 bits per heavy atom. The fourth-order valence-corrected chi connectivity index (χ4v) is 4.32. The van der Waals surface area contributed by atoms with Crippen molar-refractivity contribution in [1.82, 2.24) is 19.5 Å². The maximum absolute atomic E-state index is 12.0. The van der Waals surface area contributed by atoms with Crippen LogP contribution >= 0.6 is 12.6 Å². The van der Waals surface area contributed by atoms with E-state index < -0.39 is 9.04 Å². The van der Waals surface area contributed by atoms with Gasteiger partial charge in [-0.3, -0.25) is 14.3 Å². The molecular formula is C15H27N5O2SSi. The Bertz CT molecular complexity index is 752. The maximum atomic E-state index is 12.0. The molecule has 2 heterocycles. The van der Waals surface area contributed by atoms with E-state index in [0.717, 1.165) is 6.42 Å². The van der Waals surface area contributed by atoms with E-state index in [1.54, 1.807) is 10.9 Å². The molecule has 0 aromatic carbocycles. The van der Waals surface area contributed by atoms with E-state index in [0.29, 0.717) is 12.1 Å². The van der Waals surface area contributed by atoms with Crippen molar-refractivity contribution in [3.05, 3.63) is 16.7 Å². The van der Waals surface area contributed by atoms with Crippen LogP contribution in [0.3, 0.4) is 0 Å². The fourth-order valence-electron chi connectivity index (χ4n) is 2.73. The van der Waals surface area contributed by atoms with Gasteiger partial charge in [0.15, 0.2) is 20.2 Å². The normalized spacial score (nSPS) is 15.1. The predicted molar refractivity (Wildman–Crippen MR) is 103 cm³/mol. The van der Waals surface area contributed by atoms with Gasteiger partial charge in [-0.05, 0) is 24.9 Å². The van der Waals surface area contributed by atoms with Gasteiger partial charge in [-0.1, -0.05) is 20.8 Å². The van der Waals surface area contributed by atoms with E-state index >= 15 is 0 Å². The molecule has 3 N–H and O–H groups in total. The Hall–Kier alpha value is -1.32. The Morgan fingerprint density at radius 2 is 2.12 bits per heavy atom. The average Bonchev–Trinajstić information content (AvgIpc) is 2.78. The molecule has 2 unspecified atom stereocenters. The van der Waals surface area contributed by atoms with Crippen LogP contribution in [0.1, 0.15) is 39.8 Å². The highest BCUT2D eigenvalue weighted by Crippen LogP contribution is 2.30. The number of fused-ring (bicyclic) bond motifs is 1. The van der Waals surface area contributed by atoms with Crippen LogP contribution in [0.15, 0.2) is 11.1 Å². The number of nitrogen functional groups attached to an aromatic ring is 1. The molecule has 0 aliphatic heterocycles. The number of nitrogens with one attached hydrogen (secondary N) is 1. The Kier molecular flexibility index (Phi) is 5.77. The summed E-state index contributed by atoms with van der Waals surface area (Å²) in [6.07, 6.45) is 3.02. The summed E-state index contributed by atoms with van der Waals surface area (Å²) in [7, 11) is -1.32. The number of H-pyrrole nitrogens is 1. The van der Waals surface area contributed by atoms with Crippen molar-refractivity contribution in [2.75, 3.05) is 5.73 Å². The van der Waals surface area contributed by atoms with Crippen LogP contribution in [0, 0.1) is 5.41 Å². The molecule has 0 bridgehead atoms. The number of hydrogen-bond donors (Lipinski definition) is 3. The third-order valence-corrected chi connectivity index (χ3v) is 4.76. The monoisotopic (exact) mass is 369 g/mol. The van der Waals surface area contributed by atoms with Crippen LogP contribution in [-0.4, -0.2) is 33.8 Å². The lowest BCUT2D eigenvalue weighted by Gasteiger charge is -2.28. The van der Waals surface area contributed by atoms with Gasteiger partial charge in [0.2, 0.25) is 5.95 Å². The van der Waals surface area contributed by atoms with Gasteiger partial charge in [-0.15, -0.1) is 0 Å². The van der Waals surface area contributed by atoms with E-state index in [4.69, 9.17) is 22.8 Å². The molecular weight excluding hydrogens is 342 g/mol. The molecule has 0 radical (unpaired) electrons. The molecule has 0 aliphatic rings. The molecule has 0 aliphatic carbocycles. The summed E-state index contributed by atoms with van der Waals surface area (Å²) >= 11 is 4.74. The molecule has 0 amide bonds. The van der Waals surface area contributed by atoms with Gasteiger partial charge in [0.05, 0.1) is 6.33 Å². The van der Waals surface area contributed by atoms with Crippen LogP contribution in [0.4, 0.5) is 5.95 Å².